The van der Waals surface area contributed by atoms with Gasteiger partial charge in [-0.15, -0.1) is 11.6 Å². The molecule has 0 fully saturated rings. The monoisotopic (exact) mass is 392 g/mol. The molecule has 4 heteroatoms. The Morgan fingerprint density at radius 1 is 1.06 bits per heavy atom. The minimum Gasteiger partial charge on any atom is -0.497 e. The summed E-state index contributed by atoms with van der Waals surface area (Å²) < 4.78 is 6.15. The predicted molar refractivity (Wildman–Crippen MR) is 84.9 cm³/mol. The van der Waals surface area contributed by atoms with E-state index in [1.54, 1.807) is 7.11 Å². The van der Waals surface area contributed by atoms with E-state index in [0.717, 1.165) is 25.5 Å². The first kappa shape index (κ1) is 14.0. The third-order valence-electron chi connectivity index (χ3n) is 2.64. The molecule has 0 saturated heterocycles. The summed E-state index contributed by atoms with van der Waals surface area (Å²) in [5, 5.41) is 0.526. The Hall–Kier alpha value is -0.450. The molecule has 1 unspecified atom stereocenters. The largest absolute Gasteiger partial charge is 0.497 e. The molecule has 0 radical (unpaired) electrons. The Kier molecular flexibility index (Phi) is 4.76. The molecule has 1 nitrogen and oxygen atoms in total. The summed E-state index contributed by atoms with van der Waals surface area (Å²) in [5.41, 5.74) is 2.02. The molecule has 0 N–H and O–H groups in total. The van der Waals surface area contributed by atoms with Gasteiger partial charge in [-0.2, -0.15) is 0 Å². The molecular formula is C14H11Cl2IO. The first-order chi connectivity index (χ1) is 8.61. The van der Waals surface area contributed by atoms with Gasteiger partial charge in [0.2, 0.25) is 0 Å². The van der Waals surface area contributed by atoms with Crippen molar-refractivity contribution in [3.05, 3.63) is 62.2 Å². The minimum atomic E-state index is -0.203. The van der Waals surface area contributed by atoms with Crippen LogP contribution in [-0.2, 0) is 0 Å². The Morgan fingerprint density at radius 3 is 2.22 bits per heavy atom. The Balaban J connectivity index is 2.28. The van der Waals surface area contributed by atoms with Crippen LogP contribution in [0.25, 0.3) is 0 Å². The van der Waals surface area contributed by atoms with Gasteiger partial charge in [0.25, 0.3) is 0 Å². The molecule has 2 aromatic carbocycles. The molecule has 2 aromatic rings. The van der Waals surface area contributed by atoms with Gasteiger partial charge in [-0.05, 0) is 58.0 Å². The molecule has 0 heterocycles. The highest BCUT2D eigenvalue weighted by Gasteiger charge is 2.12. The van der Waals surface area contributed by atoms with Crippen molar-refractivity contribution in [3.63, 3.8) is 0 Å². The van der Waals surface area contributed by atoms with Crippen LogP contribution in [0.2, 0.25) is 5.02 Å². The van der Waals surface area contributed by atoms with Gasteiger partial charge in [-0.3, -0.25) is 0 Å². The maximum absolute atomic E-state index is 6.45. The van der Waals surface area contributed by atoms with Gasteiger partial charge in [0, 0.05) is 3.57 Å². The van der Waals surface area contributed by atoms with Crippen LogP contribution >= 0.6 is 45.8 Å². The zero-order valence-electron chi connectivity index (χ0n) is 9.66. The average molecular weight is 393 g/mol. The van der Waals surface area contributed by atoms with Crippen LogP contribution in [0.4, 0.5) is 0 Å². The van der Waals surface area contributed by atoms with E-state index in [9.17, 15) is 0 Å². The lowest BCUT2D eigenvalue weighted by atomic mass is 10.0. The molecular weight excluding hydrogens is 382 g/mol. The van der Waals surface area contributed by atoms with Crippen LogP contribution in [0.15, 0.2) is 42.5 Å². The molecule has 94 valence electrons. The summed E-state index contributed by atoms with van der Waals surface area (Å²) in [5.74, 6) is 0.822. The van der Waals surface area contributed by atoms with E-state index in [1.165, 1.54) is 0 Å². The van der Waals surface area contributed by atoms with Crippen molar-refractivity contribution >= 4 is 45.8 Å². The molecule has 0 aliphatic heterocycles. The van der Waals surface area contributed by atoms with Crippen molar-refractivity contribution in [1.82, 2.24) is 0 Å². The number of methoxy groups -OCH3 is 1. The maximum Gasteiger partial charge on any atom is 0.118 e. The standard InChI is InChI=1S/C14H11Cl2IO/c1-18-11-5-2-9(3-6-11)14(16)10-4-7-13(17)12(15)8-10/h2-8,14H,1H3. The van der Waals surface area contributed by atoms with E-state index in [4.69, 9.17) is 27.9 Å². The van der Waals surface area contributed by atoms with Crippen molar-refractivity contribution in [2.75, 3.05) is 7.11 Å². The molecule has 0 amide bonds. The normalized spacial score (nSPS) is 12.2. The van der Waals surface area contributed by atoms with Crippen molar-refractivity contribution in [2.45, 2.75) is 5.38 Å². The third-order valence-corrected chi connectivity index (χ3v) is 4.72. The molecule has 2 rings (SSSR count). The van der Waals surface area contributed by atoms with Crippen molar-refractivity contribution in [3.8, 4) is 5.75 Å². The van der Waals surface area contributed by atoms with Crippen LogP contribution < -0.4 is 4.74 Å². The summed E-state index contributed by atoms with van der Waals surface area (Å²) >= 11 is 14.8. The zero-order valence-corrected chi connectivity index (χ0v) is 13.3. The lowest BCUT2D eigenvalue weighted by molar-refractivity contribution is 0.414. The van der Waals surface area contributed by atoms with E-state index in [2.05, 4.69) is 22.6 Å². The molecule has 0 saturated carbocycles. The number of ether oxygens (including phenoxy) is 1. The topological polar surface area (TPSA) is 9.23 Å². The Labute approximate surface area is 130 Å². The van der Waals surface area contributed by atoms with Crippen LogP contribution in [0.5, 0.6) is 5.75 Å². The van der Waals surface area contributed by atoms with Crippen LogP contribution in [-0.4, -0.2) is 7.11 Å². The van der Waals surface area contributed by atoms with Crippen LogP contribution in [0.3, 0.4) is 0 Å². The molecule has 0 aliphatic rings. The quantitative estimate of drug-likeness (QED) is 0.510. The van der Waals surface area contributed by atoms with E-state index in [1.807, 2.05) is 42.5 Å². The SMILES string of the molecule is COc1ccc(C(Cl)c2ccc(I)c(Cl)c2)cc1. The molecule has 0 bridgehead atoms. The first-order valence-electron chi connectivity index (χ1n) is 5.35. The highest BCUT2D eigenvalue weighted by Crippen LogP contribution is 2.32. The van der Waals surface area contributed by atoms with E-state index >= 15 is 0 Å². The van der Waals surface area contributed by atoms with Gasteiger partial charge in [0.1, 0.15) is 5.75 Å². The van der Waals surface area contributed by atoms with Crippen molar-refractivity contribution in [1.29, 1.82) is 0 Å². The molecule has 0 aliphatic carbocycles. The van der Waals surface area contributed by atoms with E-state index in [0.29, 0.717) is 0 Å². The van der Waals surface area contributed by atoms with E-state index < -0.39 is 0 Å². The fourth-order valence-corrected chi connectivity index (χ4v) is 2.44. The van der Waals surface area contributed by atoms with Gasteiger partial charge in [0.05, 0.1) is 17.5 Å². The summed E-state index contributed by atoms with van der Waals surface area (Å²) in [7, 11) is 1.64. The highest BCUT2D eigenvalue weighted by molar-refractivity contribution is 14.1. The highest BCUT2D eigenvalue weighted by atomic mass is 127. The number of hydrogen-bond donors (Lipinski definition) is 0. The van der Waals surface area contributed by atoms with Crippen LogP contribution in [0, 0.1) is 3.57 Å². The van der Waals surface area contributed by atoms with E-state index in [-0.39, 0.29) is 5.38 Å². The first-order valence-corrected chi connectivity index (χ1v) is 7.24. The van der Waals surface area contributed by atoms with Crippen molar-refractivity contribution in [2.24, 2.45) is 0 Å². The lowest BCUT2D eigenvalue weighted by Crippen LogP contribution is -1.94. The molecule has 18 heavy (non-hydrogen) atoms. The maximum atomic E-state index is 6.45. The predicted octanol–water partition coefficient (Wildman–Crippen LogP) is 5.28. The summed E-state index contributed by atoms with van der Waals surface area (Å²) in [6.45, 7) is 0. The van der Waals surface area contributed by atoms with Gasteiger partial charge >= 0.3 is 0 Å². The lowest BCUT2D eigenvalue weighted by Gasteiger charge is -2.12. The zero-order chi connectivity index (χ0) is 13.1. The number of hydrogen-bond acceptors (Lipinski definition) is 1. The number of rotatable bonds is 3. The molecule has 0 aromatic heterocycles. The Bertz CT molecular complexity index is 540. The second-order valence-corrected chi connectivity index (χ2v) is 5.82. The van der Waals surface area contributed by atoms with Gasteiger partial charge < -0.3 is 4.74 Å². The van der Waals surface area contributed by atoms with Crippen molar-refractivity contribution < 1.29 is 4.74 Å². The van der Waals surface area contributed by atoms with Crippen LogP contribution in [0.1, 0.15) is 16.5 Å². The fourth-order valence-electron chi connectivity index (χ4n) is 1.64. The summed E-state index contributed by atoms with van der Waals surface area (Å²) in [6, 6.07) is 13.6. The fraction of sp³-hybridized carbons (Fsp3) is 0.143. The molecule has 1 atom stereocenters. The second-order valence-electron chi connectivity index (χ2n) is 3.81. The molecule has 0 spiro atoms. The third kappa shape index (κ3) is 3.11. The Morgan fingerprint density at radius 2 is 1.67 bits per heavy atom. The number of halogens is 3. The smallest absolute Gasteiger partial charge is 0.118 e. The average Bonchev–Trinajstić information content (AvgIpc) is 2.41. The van der Waals surface area contributed by atoms with Gasteiger partial charge in [-0.25, -0.2) is 0 Å². The van der Waals surface area contributed by atoms with Gasteiger partial charge in [-0.1, -0.05) is 29.8 Å². The summed E-state index contributed by atoms with van der Waals surface area (Å²) in [4.78, 5) is 0. The number of benzene rings is 2. The van der Waals surface area contributed by atoms with Gasteiger partial charge in [0.15, 0.2) is 0 Å². The summed E-state index contributed by atoms with van der Waals surface area (Å²) in [6.07, 6.45) is 0. The second kappa shape index (κ2) is 6.13. The minimum absolute atomic E-state index is 0.203. The number of alkyl halides is 1.